The van der Waals surface area contributed by atoms with Crippen molar-refractivity contribution < 1.29 is 14.3 Å². The Morgan fingerprint density at radius 3 is 1.81 bits per heavy atom. The number of hydrogen-bond donors (Lipinski definition) is 0. The highest BCUT2D eigenvalue weighted by atomic mass is 28.3. The van der Waals surface area contributed by atoms with Crippen LogP contribution in [0.25, 0.3) is 0 Å². The molecule has 0 N–H and O–H groups in total. The second-order valence-corrected chi connectivity index (χ2v) is 16.1. The van der Waals surface area contributed by atoms with Gasteiger partial charge < -0.3 is 9.47 Å². The second kappa shape index (κ2) is 6.99. The van der Waals surface area contributed by atoms with Crippen LogP contribution in [0.4, 0.5) is 0 Å². The lowest BCUT2D eigenvalue weighted by Gasteiger charge is -2.40. The minimum Gasteiger partial charge on any atom is -0.335 e. The highest BCUT2D eigenvalue weighted by molar-refractivity contribution is 6.87. The molecule has 6 rings (SSSR count). The average molecular weight is 445 g/mol. The molecule has 2 aromatic carbocycles. The van der Waals surface area contributed by atoms with Gasteiger partial charge in [0.25, 0.3) is 0 Å². The summed E-state index contributed by atoms with van der Waals surface area (Å²) in [5, 5.41) is 1.13. The maximum absolute atomic E-state index is 13.8. The molecule has 0 bridgehead atoms. The number of ketones is 1. The summed E-state index contributed by atoms with van der Waals surface area (Å²) in [6, 6.07) is 20.9. The molecule has 1 saturated heterocycles. The molecule has 2 saturated carbocycles. The number of Topliss-reactive ketones (excluding diaryl/α,β-unsaturated/α-hetero) is 1. The Bertz CT molecular complexity index is 1030. The van der Waals surface area contributed by atoms with E-state index in [0.717, 1.165) is 48.4 Å². The van der Waals surface area contributed by atoms with Gasteiger partial charge in [-0.15, -0.1) is 0 Å². The van der Waals surface area contributed by atoms with Crippen LogP contribution < -0.4 is 0 Å². The second-order valence-electron chi connectivity index (χ2n) is 11.1. The van der Waals surface area contributed by atoms with E-state index in [2.05, 4.69) is 68.2 Å². The van der Waals surface area contributed by atoms with Crippen LogP contribution in [0, 0.1) is 11.3 Å². The summed E-state index contributed by atoms with van der Waals surface area (Å²) in [6.45, 7) is 6.94. The maximum Gasteiger partial charge on any atom is 0.193 e. The first-order valence-corrected chi connectivity index (χ1v) is 15.6. The van der Waals surface area contributed by atoms with E-state index in [0.29, 0.717) is 11.7 Å². The number of benzene rings is 2. The minimum absolute atomic E-state index is 0.141. The Kier molecular flexibility index (Phi) is 4.50. The lowest BCUT2D eigenvalue weighted by molar-refractivity contribution is -0.167. The van der Waals surface area contributed by atoms with Gasteiger partial charge in [0.05, 0.1) is 8.07 Å². The standard InChI is InChI=1S/C28H32O3Si/c1-32(2,3)25-22-21(27(17-18-27)26(25)29)15-10-16-28(22)30-23(19-11-6-4-7-12-19)24(31-28)20-13-8-5-9-14-20/h4-9,11-14,21,23-24H,10,15-18H2,1-3H3/t21?,23-,24-/m0/s1. The molecule has 1 unspecified atom stereocenters. The van der Waals surface area contributed by atoms with Crippen LogP contribution in [0.15, 0.2) is 71.4 Å². The van der Waals surface area contributed by atoms with E-state index in [-0.39, 0.29) is 17.6 Å². The van der Waals surface area contributed by atoms with Gasteiger partial charge in [-0.3, -0.25) is 4.79 Å². The number of hydrogen-bond acceptors (Lipinski definition) is 3. The van der Waals surface area contributed by atoms with E-state index in [1.165, 1.54) is 5.57 Å². The molecule has 2 aromatic rings. The van der Waals surface area contributed by atoms with Crippen LogP contribution >= 0.6 is 0 Å². The number of ether oxygens (including phenoxy) is 2. The van der Waals surface area contributed by atoms with E-state index in [1.54, 1.807) is 0 Å². The third-order valence-corrected chi connectivity index (χ3v) is 10.1. The van der Waals surface area contributed by atoms with Crippen molar-refractivity contribution >= 4 is 13.9 Å². The first-order valence-electron chi connectivity index (χ1n) is 12.1. The third kappa shape index (κ3) is 2.89. The largest absolute Gasteiger partial charge is 0.335 e. The van der Waals surface area contributed by atoms with Crippen LogP contribution in [-0.2, 0) is 14.3 Å². The van der Waals surface area contributed by atoms with Crippen molar-refractivity contribution in [3.05, 3.63) is 82.6 Å². The van der Waals surface area contributed by atoms with Gasteiger partial charge in [-0.05, 0) is 53.5 Å². The topological polar surface area (TPSA) is 35.5 Å². The number of fused-ring (bicyclic) bond motifs is 3. The summed E-state index contributed by atoms with van der Waals surface area (Å²) in [5.41, 5.74) is 3.38. The first-order chi connectivity index (χ1) is 15.4. The van der Waals surface area contributed by atoms with Crippen LogP contribution in [0.5, 0.6) is 0 Å². The van der Waals surface area contributed by atoms with Gasteiger partial charge in [-0.2, -0.15) is 0 Å². The van der Waals surface area contributed by atoms with E-state index in [4.69, 9.17) is 9.47 Å². The zero-order chi connectivity index (χ0) is 22.1. The normalized spacial score (nSPS) is 30.2. The molecular formula is C28H32O3Si. The van der Waals surface area contributed by atoms with Crippen LogP contribution in [0.3, 0.4) is 0 Å². The lowest BCUT2D eigenvalue weighted by Crippen LogP contribution is -2.42. The fourth-order valence-corrected chi connectivity index (χ4v) is 8.67. The monoisotopic (exact) mass is 444 g/mol. The van der Waals surface area contributed by atoms with Gasteiger partial charge in [0, 0.05) is 11.8 Å². The summed E-state index contributed by atoms with van der Waals surface area (Å²) in [4.78, 5) is 13.8. The summed E-state index contributed by atoms with van der Waals surface area (Å²) < 4.78 is 14.1. The molecule has 4 aliphatic rings. The molecule has 3 nitrogen and oxygen atoms in total. The van der Waals surface area contributed by atoms with Crippen molar-refractivity contribution in [3.63, 3.8) is 0 Å². The van der Waals surface area contributed by atoms with Crippen molar-refractivity contribution in [2.24, 2.45) is 11.3 Å². The van der Waals surface area contributed by atoms with Crippen LogP contribution in [0.2, 0.25) is 19.6 Å². The van der Waals surface area contributed by atoms with Crippen molar-refractivity contribution in [1.82, 2.24) is 0 Å². The molecule has 1 heterocycles. The van der Waals surface area contributed by atoms with E-state index < -0.39 is 13.9 Å². The number of carbonyl (C=O) groups excluding carboxylic acids is 1. The predicted octanol–water partition coefficient (Wildman–Crippen LogP) is 6.55. The van der Waals surface area contributed by atoms with Crippen LogP contribution in [0.1, 0.15) is 55.4 Å². The molecule has 32 heavy (non-hydrogen) atoms. The van der Waals surface area contributed by atoms with Gasteiger partial charge in [0.1, 0.15) is 12.2 Å². The average Bonchev–Trinajstić information content (AvgIpc) is 3.44. The molecule has 1 aliphatic heterocycles. The zero-order valence-electron chi connectivity index (χ0n) is 19.3. The lowest BCUT2D eigenvalue weighted by atomic mass is 9.75. The van der Waals surface area contributed by atoms with E-state index in [9.17, 15) is 4.79 Å². The molecule has 4 heteroatoms. The Balaban J connectivity index is 1.51. The summed E-state index contributed by atoms with van der Waals surface area (Å²) in [5.74, 6) is -0.0395. The van der Waals surface area contributed by atoms with E-state index >= 15 is 0 Å². The van der Waals surface area contributed by atoms with Crippen molar-refractivity contribution in [1.29, 1.82) is 0 Å². The third-order valence-electron chi connectivity index (χ3n) is 8.08. The summed E-state index contributed by atoms with van der Waals surface area (Å²) in [7, 11) is -1.87. The van der Waals surface area contributed by atoms with Gasteiger partial charge in [0.15, 0.2) is 11.6 Å². The first kappa shape index (κ1) is 20.6. The fraction of sp³-hybridized carbons (Fsp3) is 0.464. The van der Waals surface area contributed by atoms with Gasteiger partial charge in [-0.25, -0.2) is 0 Å². The van der Waals surface area contributed by atoms with Crippen LogP contribution in [-0.4, -0.2) is 19.6 Å². The van der Waals surface area contributed by atoms with Gasteiger partial charge in [0.2, 0.25) is 0 Å². The zero-order valence-corrected chi connectivity index (χ0v) is 20.3. The molecule has 3 aliphatic carbocycles. The molecule has 3 fully saturated rings. The van der Waals surface area contributed by atoms with E-state index in [1.807, 2.05) is 12.1 Å². The Morgan fingerprint density at radius 2 is 1.34 bits per heavy atom. The number of rotatable bonds is 3. The number of allylic oxidation sites excluding steroid dienone is 1. The molecule has 0 radical (unpaired) electrons. The summed E-state index contributed by atoms with van der Waals surface area (Å²) >= 11 is 0. The minimum atomic E-state index is -1.87. The molecular weight excluding hydrogens is 412 g/mol. The predicted molar refractivity (Wildman–Crippen MR) is 128 cm³/mol. The molecule has 2 spiro atoms. The smallest absolute Gasteiger partial charge is 0.193 e. The molecule has 0 amide bonds. The Labute approximate surface area is 191 Å². The van der Waals surface area contributed by atoms with Crippen molar-refractivity contribution in [2.75, 3.05) is 0 Å². The number of carbonyl (C=O) groups is 1. The van der Waals surface area contributed by atoms with Gasteiger partial charge >= 0.3 is 0 Å². The highest BCUT2D eigenvalue weighted by Crippen LogP contribution is 2.69. The SMILES string of the molecule is C[Si](C)(C)C1=C2C(CCCC23O[C@@H](c2ccccc2)[C@H](c2ccccc2)O3)C2(CC2)C1=O. The van der Waals surface area contributed by atoms with Crippen molar-refractivity contribution in [2.45, 2.75) is 69.7 Å². The molecule has 3 atom stereocenters. The Morgan fingerprint density at radius 1 is 0.812 bits per heavy atom. The fourth-order valence-electron chi connectivity index (χ4n) is 6.56. The van der Waals surface area contributed by atoms with Gasteiger partial charge in [-0.1, -0.05) is 80.3 Å². The summed E-state index contributed by atoms with van der Waals surface area (Å²) in [6.07, 6.45) is 4.68. The molecule has 166 valence electrons. The highest BCUT2D eigenvalue weighted by Gasteiger charge is 2.69. The van der Waals surface area contributed by atoms with Crippen molar-refractivity contribution in [3.8, 4) is 0 Å². The maximum atomic E-state index is 13.8. The quantitative estimate of drug-likeness (QED) is 0.504. The Hall–Kier alpha value is -2.01. The molecule has 0 aromatic heterocycles.